The fourth-order valence-electron chi connectivity index (χ4n) is 1.60. The van der Waals surface area contributed by atoms with E-state index < -0.39 is 6.10 Å². The first-order valence-corrected chi connectivity index (χ1v) is 6.74. The van der Waals surface area contributed by atoms with Crippen molar-refractivity contribution in [1.82, 2.24) is 5.32 Å². The Kier molecular flexibility index (Phi) is 10.5. The average Bonchev–Trinajstić information content (AvgIpc) is 2.41. The van der Waals surface area contributed by atoms with Crippen LogP contribution in [-0.2, 0) is 11.2 Å². The fraction of sp³-hybridized carbons (Fsp3) is 0.600. The summed E-state index contributed by atoms with van der Waals surface area (Å²) in [5.74, 6) is 0.782. The molecule has 0 fully saturated rings. The lowest BCUT2D eigenvalue weighted by molar-refractivity contribution is 0.104. The van der Waals surface area contributed by atoms with Crippen LogP contribution in [0.1, 0.15) is 19.4 Å². The summed E-state index contributed by atoms with van der Waals surface area (Å²) in [6, 6.07) is 8.26. The molecule has 1 rings (SSSR count). The normalized spacial score (nSPS) is 12.1. The number of methoxy groups -OCH3 is 1. The number of hydrogen-bond donors (Lipinski definition) is 2. The first kappa shape index (κ1) is 19.2. The van der Waals surface area contributed by atoms with Gasteiger partial charge in [-0.2, -0.15) is 0 Å². The van der Waals surface area contributed by atoms with Crippen molar-refractivity contribution < 1.29 is 14.6 Å². The molecule has 1 aromatic carbocycles. The molecule has 0 aromatic heterocycles. The molecule has 0 saturated carbocycles. The summed E-state index contributed by atoms with van der Waals surface area (Å²) >= 11 is 0. The first-order chi connectivity index (χ1) is 9.11. The van der Waals surface area contributed by atoms with E-state index >= 15 is 0 Å². The van der Waals surface area contributed by atoms with E-state index in [0.29, 0.717) is 19.2 Å². The minimum Gasteiger partial charge on any atom is -0.491 e. The van der Waals surface area contributed by atoms with Gasteiger partial charge in [0.2, 0.25) is 0 Å². The maximum absolute atomic E-state index is 9.73. The minimum atomic E-state index is -0.490. The van der Waals surface area contributed by atoms with Crippen molar-refractivity contribution in [3.63, 3.8) is 0 Å². The van der Waals surface area contributed by atoms with Gasteiger partial charge in [-0.3, -0.25) is 0 Å². The van der Waals surface area contributed by atoms with Gasteiger partial charge in [0.05, 0.1) is 6.61 Å². The van der Waals surface area contributed by atoms with Crippen LogP contribution in [0.15, 0.2) is 24.3 Å². The molecule has 5 heteroatoms. The standard InChI is InChI=1S/C15H25NO3.ClH/c1-12(2)16-10-14(17)11-19-15-6-4-13(5-7-15)8-9-18-3;/h4-7,12,14,16-17H,8-11H2,1-3H3;1H. The van der Waals surface area contributed by atoms with Crippen LogP contribution >= 0.6 is 12.4 Å². The Labute approximate surface area is 127 Å². The molecule has 0 aliphatic rings. The van der Waals surface area contributed by atoms with Crippen molar-refractivity contribution in [2.45, 2.75) is 32.4 Å². The summed E-state index contributed by atoms with van der Waals surface area (Å²) in [5, 5.41) is 12.9. The second kappa shape index (κ2) is 10.9. The molecule has 1 atom stereocenters. The molecule has 0 aliphatic carbocycles. The number of halogens is 1. The van der Waals surface area contributed by atoms with Gasteiger partial charge in [-0.1, -0.05) is 26.0 Å². The molecule has 0 amide bonds. The summed E-state index contributed by atoms with van der Waals surface area (Å²) in [6.45, 7) is 5.67. The summed E-state index contributed by atoms with van der Waals surface area (Å²) in [6.07, 6.45) is 0.410. The Morgan fingerprint density at radius 1 is 1.20 bits per heavy atom. The zero-order chi connectivity index (χ0) is 14.1. The fourth-order valence-corrected chi connectivity index (χ4v) is 1.60. The molecule has 0 radical (unpaired) electrons. The highest BCUT2D eigenvalue weighted by atomic mass is 35.5. The molecule has 0 spiro atoms. The van der Waals surface area contributed by atoms with Crippen molar-refractivity contribution in [3.8, 4) is 5.75 Å². The van der Waals surface area contributed by atoms with E-state index in [0.717, 1.165) is 18.8 Å². The summed E-state index contributed by atoms with van der Waals surface area (Å²) in [4.78, 5) is 0. The van der Waals surface area contributed by atoms with Crippen molar-refractivity contribution in [3.05, 3.63) is 29.8 Å². The second-order valence-corrected chi connectivity index (χ2v) is 4.91. The van der Waals surface area contributed by atoms with Gasteiger partial charge in [-0.05, 0) is 24.1 Å². The molecule has 4 nitrogen and oxygen atoms in total. The van der Waals surface area contributed by atoms with Crippen molar-refractivity contribution >= 4 is 12.4 Å². The van der Waals surface area contributed by atoms with Crippen molar-refractivity contribution in [2.24, 2.45) is 0 Å². The van der Waals surface area contributed by atoms with Gasteiger partial charge in [-0.15, -0.1) is 12.4 Å². The highest BCUT2D eigenvalue weighted by Gasteiger charge is 2.05. The predicted octanol–water partition coefficient (Wildman–Crippen LogP) is 2.03. The van der Waals surface area contributed by atoms with E-state index in [4.69, 9.17) is 9.47 Å². The van der Waals surface area contributed by atoms with Gasteiger partial charge in [0, 0.05) is 19.7 Å². The zero-order valence-corrected chi connectivity index (χ0v) is 13.3. The maximum Gasteiger partial charge on any atom is 0.119 e. The Morgan fingerprint density at radius 2 is 1.85 bits per heavy atom. The maximum atomic E-state index is 9.73. The Morgan fingerprint density at radius 3 is 2.40 bits per heavy atom. The third kappa shape index (κ3) is 8.38. The predicted molar refractivity (Wildman–Crippen MR) is 83.9 cm³/mol. The second-order valence-electron chi connectivity index (χ2n) is 4.91. The summed E-state index contributed by atoms with van der Waals surface area (Å²) < 4.78 is 10.6. The first-order valence-electron chi connectivity index (χ1n) is 6.74. The molecular formula is C15H26ClNO3. The Balaban J connectivity index is 0.00000361. The SMILES string of the molecule is COCCc1ccc(OCC(O)CNC(C)C)cc1.Cl. The van der Waals surface area contributed by atoms with Crippen LogP contribution in [0, 0.1) is 0 Å². The van der Waals surface area contributed by atoms with Crippen LogP contribution in [-0.4, -0.2) is 44.1 Å². The van der Waals surface area contributed by atoms with E-state index in [-0.39, 0.29) is 12.4 Å². The Hall–Kier alpha value is -0.810. The number of aliphatic hydroxyl groups excluding tert-OH is 1. The quantitative estimate of drug-likeness (QED) is 0.733. The third-order valence-corrected chi connectivity index (χ3v) is 2.72. The van der Waals surface area contributed by atoms with E-state index in [1.54, 1.807) is 7.11 Å². The third-order valence-electron chi connectivity index (χ3n) is 2.72. The molecule has 0 aliphatic heterocycles. The molecule has 1 unspecified atom stereocenters. The van der Waals surface area contributed by atoms with Gasteiger partial charge in [0.15, 0.2) is 0 Å². The number of nitrogens with one attached hydrogen (secondary N) is 1. The van der Waals surface area contributed by atoms with Gasteiger partial charge in [-0.25, -0.2) is 0 Å². The number of benzene rings is 1. The van der Waals surface area contributed by atoms with Crippen LogP contribution in [0.5, 0.6) is 5.75 Å². The van der Waals surface area contributed by atoms with Crippen LogP contribution in [0.2, 0.25) is 0 Å². The smallest absolute Gasteiger partial charge is 0.119 e. The van der Waals surface area contributed by atoms with E-state index in [9.17, 15) is 5.11 Å². The van der Waals surface area contributed by atoms with Crippen LogP contribution in [0.4, 0.5) is 0 Å². The molecule has 116 valence electrons. The lowest BCUT2D eigenvalue weighted by Crippen LogP contribution is -2.35. The highest BCUT2D eigenvalue weighted by Crippen LogP contribution is 2.12. The zero-order valence-electron chi connectivity index (χ0n) is 12.5. The van der Waals surface area contributed by atoms with E-state index in [2.05, 4.69) is 5.32 Å². The lowest BCUT2D eigenvalue weighted by atomic mass is 10.1. The summed E-state index contributed by atoms with van der Waals surface area (Å²) in [5.41, 5.74) is 1.22. The lowest BCUT2D eigenvalue weighted by Gasteiger charge is -2.15. The number of rotatable bonds is 9. The molecule has 1 aromatic rings. The highest BCUT2D eigenvalue weighted by molar-refractivity contribution is 5.85. The molecule has 2 N–H and O–H groups in total. The Bertz CT molecular complexity index is 343. The summed E-state index contributed by atoms with van der Waals surface area (Å²) in [7, 11) is 1.70. The van der Waals surface area contributed by atoms with E-state index in [1.807, 2.05) is 38.1 Å². The van der Waals surface area contributed by atoms with Gasteiger partial charge in [0.1, 0.15) is 18.5 Å². The van der Waals surface area contributed by atoms with E-state index in [1.165, 1.54) is 5.56 Å². The van der Waals surface area contributed by atoms with Gasteiger partial charge in [0.25, 0.3) is 0 Å². The topological polar surface area (TPSA) is 50.7 Å². The largest absolute Gasteiger partial charge is 0.491 e. The van der Waals surface area contributed by atoms with Gasteiger partial charge < -0.3 is 19.9 Å². The molecule has 0 saturated heterocycles. The average molecular weight is 304 g/mol. The van der Waals surface area contributed by atoms with Crippen molar-refractivity contribution in [1.29, 1.82) is 0 Å². The molecule has 0 heterocycles. The number of ether oxygens (including phenoxy) is 2. The number of hydrogen-bond acceptors (Lipinski definition) is 4. The van der Waals surface area contributed by atoms with Crippen LogP contribution < -0.4 is 10.1 Å². The monoisotopic (exact) mass is 303 g/mol. The molecule has 20 heavy (non-hydrogen) atoms. The van der Waals surface area contributed by atoms with Crippen molar-refractivity contribution in [2.75, 3.05) is 26.9 Å². The van der Waals surface area contributed by atoms with Gasteiger partial charge >= 0.3 is 0 Å². The molecular weight excluding hydrogens is 278 g/mol. The van der Waals surface area contributed by atoms with Crippen LogP contribution in [0.3, 0.4) is 0 Å². The molecule has 0 bridgehead atoms. The minimum absolute atomic E-state index is 0. The van der Waals surface area contributed by atoms with Crippen LogP contribution in [0.25, 0.3) is 0 Å². The number of aliphatic hydroxyl groups is 1.